The van der Waals surface area contributed by atoms with Crippen molar-refractivity contribution in [2.24, 2.45) is 5.92 Å². The van der Waals surface area contributed by atoms with Crippen molar-refractivity contribution in [3.63, 3.8) is 0 Å². The summed E-state index contributed by atoms with van der Waals surface area (Å²) in [6.45, 7) is 3.79. The van der Waals surface area contributed by atoms with Gasteiger partial charge in [-0.25, -0.2) is 0 Å². The molecule has 18 heavy (non-hydrogen) atoms. The molecule has 1 N–H and O–H groups in total. The highest BCUT2D eigenvalue weighted by Gasteiger charge is 2.39. The maximum atomic E-state index is 12.2. The molecule has 3 heteroatoms. The van der Waals surface area contributed by atoms with E-state index < -0.39 is 5.41 Å². The van der Waals surface area contributed by atoms with Gasteiger partial charge in [0, 0.05) is 17.2 Å². The van der Waals surface area contributed by atoms with Crippen LogP contribution in [0.25, 0.3) is 0 Å². The van der Waals surface area contributed by atoms with Gasteiger partial charge in [-0.1, -0.05) is 6.42 Å². The number of nitrogens with one attached hydrogen (secondary N) is 1. The Balaban J connectivity index is 1.99. The molecule has 1 heterocycles. The van der Waals surface area contributed by atoms with Gasteiger partial charge < -0.3 is 5.32 Å². The van der Waals surface area contributed by atoms with Crippen molar-refractivity contribution in [1.82, 2.24) is 0 Å². The number of anilines is 1. The molecule has 3 rings (SSSR count). The topological polar surface area (TPSA) is 46.2 Å². The summed E-state index contributed by atoms with van der Waals surface area (Å²) in [5.41, 5.74) is 2.00. The van der Waals surface area contributed by atoms with Gasteiger partial charge in [-0.15, -0.1) is 0 Å². The zero-order valence-corrected chi connectivity index (χ0v) is 10.7. The number of amides is 1. The molecule has 0 atom stereocenters. The van der Waals surface area contributed by atoms with Gasteiger partial charge in [-0.05, 0) is 50.5 Å². The number of Topliss-reactive ketones (excluding diaryl/α,β-unsaturated/α-hetero) is 1. The van der Waals surface area contributed by atoms with E-state index in [9.17, 15) is 9.59 Å². The Morgan fingerprint density at radius 3 is 2.67 bits per heavy atom. The van der Waals surface area contributed by atoms with Crippen LogP contribution in [-0.2, 0) is 10.2 Å². The Labute approximate surface area is 107 Å². The fourth-order valence-electron chi connectivity index (χ4n) is 2.63. The van der Waals surface area contributed by atoms with Crippen molar-refractivity contribution in [3.8, 4) is 0 Å². The van der Waals surface area contributed by atoms with Crippen molar-refractivity contribution in [2.45, 2.75) is 38.5 Å². The van der Waals surface area contributed by atoms with Crippen LogP contribution in [-0.4, -0.2) is 11.7 Å². The molecule has 1 aromatic rings. The predicted octanol–water partition coefficient (Wildman–Crippen LogP) is 2.90. The Hall–Kier alpha value is -1.64. The minimum Gasteiger partial charge on any atom is -0.325 e. The number of hydrogen-bond acceptors (Lipinski definition) is 2. The summed E-state index contributed by atoms with van der Waals surface area (Å²) in [6, 6.07) is 5.59. The summed E-state index contributed by atoms with van der Waals surface area (Å²) in [5.74, 6) is 0.446. The largest absolute Gasteiger partial charge is 0.325 e. The first-order valence-electron chi connectivity index (χ1n) is 6.50. The molecule has 1 saturated carbocycles. The minimum absolute atomic E-state index is 0.00532. The molecule has 3 nitrogen and oxygen atoms in total. The molecule has 0 radical (unpaired) electrons. The maximum Gasteiger partial charge on any atom is 0.234 e. The zero-order valence-electron chi connectivity index (χ0n) is 10.7. The van der Waals surface area contributed by atoms with Gasteiger partial charge in [-0.2, -0.15) is 0 Å². The molecule has 1 amide bonds. The summed E-state index contributed by atoms with van der Waals surface area (Å²) in [5, 5.41) is 2.86. The van der Waals surface area contributed by atoms with E-state index in [0.717, 1.165) is 36.1 Å². The smallest absolute Gasteiger partial charge is 0.234 e. The molecule has 0 aromatic heterocycles. The van der Waals surface area contributed by atoms with Gasteiger partial charge in [0.25, 0.3) is 0 Å². The monoisotopic (exact) mass is 243 g/mol. The fourth-order valence-corrected chi connectivity index (χ4v) is 2.63. The summed E-state index contributed by atoms with van der Waals surface area (Å²) >= 11 is 0. The van der Waals surface area contributed by atoms with Crippen molar-refractivity contribution < 1.29 is 9.59 Å². The molecule has 2 aliphatic rings. The molecule has 1 aliphatic carbocycles. The highest BCUT2D eigenvalue weighted by molar-refractivity contribution is 6.07. The van der Waals surface area contributed by atoms with E-state index in [-0.39, 0.29) is 17.6 Å². The van der Waals surface area contributed by atoms with Crippen molar-refractivity contribution in [2.75, 3.05) is 5.32 Å². The highest BCUT2D eigenvalue weighted by Crippen LogP contribution is 2.39. The molecule has 94 valence electrons. The quantitative estimate of drug-likeness (QED) is 0.812. The van der Waals surface area contributed by atoms with Gasteiger partial charge in [0.05, 0.1) is 5.41 Å². The van der Waals surface area contributed by atoms with Gasteiger partial charge >= 0.3 is 0 Å². The summed E-state index contributed by atoms with van der Waals surface area (Å²) in [6.07, 6.45) is 3.18. The van der Waals surface area contributed by atoms with E-state index in [2.05, 4.69) is 5.32 Å². The first-order chi connectivity index (χ1) is 8.50. The molecule has 0 saturated heterocycles. The van der Waals surface area contributed by atoms with Crippen LogP contribution in [0.15, 0.2) is 18.2 Å². The standard InChI is InChI=1S/C15H17NO2/c1-15(2)11-8-10(13(17)9-4-3-5-9)6-7-12(11)16-14(15)18/h6-9H,3-5H2,1-2H3,(H,16,18). The molecule has 0 unspecified atom stereocenters. The molecular formula is C15H17NO2. The van der Waals surface area contributed by atoms with Gasteiger partial charge in [-0.3, -0.25) is 9.59 Å². The first-order valence-corrected chi connectivity index (χ1v) is 6.50. The van der Waals surface area contributed by atoms with E-state index in [1.54, 1.807) is 0 Å². The second-order valence-electron chi connectivity index (χ2n) is 5.83. The van der Waals surface area contributed by atoms with Gasteiger partial charge in [0.1, 0.15) is 0 Å². The van der Waals surface area contributed by atoms with Crippen LogP contribution in [0.1, 0.15) is 49.0 Å². The molecule has 1 fully saturated rings. The number of fused-ring (bicyclic) bond motifs is 1. The van der Waals surface area contributed by atoms with Crippen LogP contribution in [0, 0.1) is 5.92 Å². The lowest BCUT2D eigenvalue weighted by Crippen LogP contribution is -2.27. The van der Waals surface area contributed by atoms with Crippen LogP contribution in [0.3, 0.4) is 0 Å². The average molecular weight is 243 g/mol. The lowest BCUT2D eigenvalue weighted by Gasteiger charge is -2.24. The zero-order chi connectivity index (χ0) is 12.9. The lowest BCUT2D eigenvalue weighted by atomic mass is 9.78. The second-order valence-corrected chi connectivity index (χ2v) is 5.83. The van der Waals surface area contributed by atoms with E-state index in [0.29, 0.717) is 0 Å². The van der Waals surface area contributed by atoms with E-state index in [1.807, 2.05) is 32.0 Å². The fraction of sp³-hybridized carbons (Fsp3) is 0.467. The van der Waals surface area contributed by atoms with E-state index in [1.165, 1.54) is 0 Å². The van der Waals surface area contributed by atoms with Crippen LogP contribution in [0.5, 0.6) is 0 Å². The Morgan fingerprint density at radius 2 is 2.06 bits per heavy atom. The SMILES string of the molecule is CC1(C)C(=O)Nc2ccc(C(=O)C3CCC3)cc21. The Bertz CT molecular complexity index is 541. The van der Waals surface area contributed by atoms with Crippen LogP contribution >= 0.6 is 0 Å². The average Bonchev–Trinajstić information content (AvgIpc) is 2.47. The third-order valence-corrected chi connectivity index (χ3v) is 4.27. The molecule has 1 aliphatic heterocycles. The van der Waals surface area contributed by atoms with Crippen molar-refractivity contribution in [3.05, 3.63) is 29.3 Å². The number of rotatable bonds is 2. The third-order valence-electron chi connectivity index (χ3n) is 4.27. The van der Waals surface area contributed by atoms with Crippen molar-refractivity contribution in [1.29, 1.82) is 0 Å². The third kappa shape index (κ3) is 1.50. The second kappa shape index (κ2) is 3.67. The van der Waals surface area contributed by atoms with Crippen LogP contribution < -0.4 is 5.32 Å². The minimum atomic E-state index is -0.536. The molecular weight excluding hydrogens is 226 g/mol. The van der Waals surface area contributed by atoms with E-state index in [4.69, 9.17) is 0 Å². The normalized spacial score (nSPS) is 21.1. The molecule has 0 bridgehead atoms. The predicted molar refractivity (Wildman–Crippen MR) is 69.8 cm³/mol. The number of ketones is 1. The van der Waals surface area contributed by atoms with Gasteiger partial charge in [0.2, 0.25) is 5.91 Å². The van der Waals surface area contributed by atoms with Crippen LogP contribution in [0.4, 0.5) is 5.69 Å². The number of benzene rings is 1. The Kier molecular flexibility index (Phi) is 2.34. The number of carbonyl (C=O) groups is 2. The highest BCUT2D eigenvalue weighted by atomic mass is 16.2. The van der Waals surface area contributed by atoms with E-state index >= 15 is 0 Å². The van der Waals surface area contributed by atoms with Gasteiger partial charge in [0.15, 0.2) is 5.78 Å². The maximum absolute atomic E-state index is 12.2. The number of carbonyl (C=O) groups excluding carboxylic acids is 2. The number of hydrogen-bond donors (Lipinski definition) is 1. The van der Waals surface area contributed by atoms with Crippen LogP contribution in [0.2, 0.25) is 0 Å². The van der Waals surface area contributed by atoms with Crippen molar-refractivity contribution >= 4 is 17.4 Å². The lowest BCUT2D eigenvalue weighted by molar-refractivity contribution is -0.119. The summed E-state index contributed by atoms with van der Waals surface area (Å²) in [4.78, 5) is 24.1. The Morgan fingerprint density at radius 1 is 1.33 bits per heavy atom. The molecule has 0 spiro atoms. The molecule has 1 aromatic carbocycles. The summed E-state index contributed by atoms with van der Waals surface area (Å²) < 4.78 is 0. The summed E-state index contributed by atoms with van der Waals surface area (Å²) in [7, 11) is 0. The first kappa shape index (κ1) is 11.5.